The van der Waals surface area contributed by atoms with Crippen LogP contribution >= 0.6 is 11.3 Å². The van der Waals surface area contributed by atoms with Crippen LogP contribution in [-0.2, 0) is 20.9 Å². The van der Waals surface area contributed by atoms with Gasteiger partial charge in [-0.05, 0) is 31.9 Å². The molecule has 1 aliphatic heterocycles. The Kier molecular flexibility index (Phi) is 5.11. The fourth-order valence-corrected chi connectivity index (χ4v) is 3.88. The van der Waals surface area contributed by atoms with E-state index in [0.717, 1.165) is 28.1 Å². The van der Waals surface area contributed by atoms with Crippen molar-refractivity contribution in [3.8, 4) is 0 Å². The first kappa shape index (κ1) is 16.9. The van der Waals surface area contributed by atoms with Crippen molar-refractivity contribution < 1.29 is 14.3 Å². The average molecular weight is 347 g/mol. The summed E-state index contributed by atoms with van der Waals surface area (Å²) in [5.41, 5.74) is 6.32. The third-order valence-corrected chi connectivity index (χ3v) is 5.40. The molecule has 2 atom stereocenters. The lowest BCUT2D eigenvalue weighted by atomic mass is 9.93. The van der Waals surface area contributed by atoms with E-state index in [9.17, 15) is 9.59 Å². The smallest absolute Gasteiger partial charge is 0.248 e. The van der Waals surface area contributed by atoms with Crippen molar-refractivity contribution in [2.24, 2.45) is 11.7 Å². The molecule has 2 heterocycles. The number of amides is 2. The number of primary amides is 1. The van der Waals surface area contributed by atoms with E-state index in [2.05, 4.69) is 4.98 Å². The standard InChI is InChI=1S/C17H21N3O3S/c1-11-6-7-12(17(18)22)8-20(11)16(21)10-23-9-15-19-13-4-2-3-5-14(13)24-15/h2-5,11-12H,6-10H2,1H3,(H2,18,22)/t11-,12-/m0/s1. The van der Waals surface area contributed by atoms with Crippen LogP contribution in [0.25, 0.3) is 10.2 Å². The van der Waals surface area contributed by atoms with Gasteiger partial charge >= 0.3 is 0 Å². The maximum absolute atomic E-state index is 12.4. The summed E-state index contributed by atoms with van der Waals surface area (Å²) < 4.78 is 6.66. The molecule has 0 radical (unpaired) electrons. The summed E-state index contributed by atoms with van der Waals surface area (Å²) in [6.07, 6.45) is 1.53. The number of piperidine rings is 1. The Morgan fingerprint density at radius 2 is 2.17 bits per heavy atom. The first-order valence-electron chi connectivity index (χ1n) is 8.05. The number of benzene rings is 1. The van der Waals surface area contributed by atoms with Crippen molar-refractivity contribution >= 4 is 33.4 Å². The largest absolute Gasteiger partial charge is 0.369 e. The molecule has 0 aliphatic carbocycles. The van der Waals surface area contributed by atoms with E-state index < -0.39 is 0 Å². The second-order valence-electron chi connectivity index (χ2n) is 6.14. The highest BCUT2D eigenvalue weighted by atomic mass is 32.1. The van der Waals surface area contributed by atoms with Gasteiger partial charge in [0.05, 0.1) is 22.7 Å². The Morgan fingerprint density at radius 3 is 2.92 bits per heavy atom. The molecule has 1 saturated heterocycles. The molecular formula is C17H21N3O3S. The molecular weight excluding hydrogens is 326 g/mol. The quantitative estimate of drug-likeness (QED) is 0.895. The molecule has 2 N–H and O–H groups in total. The van der Waals surface area contributed by atoms with E-state index in [0.29, 0.717) is 13.2 Å². The van der Waals surface area contributed by atoms with Crippen molar-refractivity contribution in [1.29, 1.82) is 0 Å². The van der Waals surface area contributed by atoms with Crippen LogP contribution in [0.2, 0.25) is 0 Å². The second-order valence-corrected chi connectivity index (χ2v) is 7.26. The zero-order chi connectivity index (χ0) is 17.1. The molecule has 0 spiro atoms. The van der Waals surface area contributed by atoms with E-state index in [1.807, 2.05) is 31.2 Å². The Morgan fingerprint density at radius 1 is 1.38 bits per heavy atom. The van der Waals surface area contributed by atoms with E-state index in [1.54, 1.807) is 16.2 Å². The third-order valence-electron chi connectivity index (χ3n) is 4.39. The number of rotatable bonds is 5. The first-order valence-corrected chi connectivity index (χ1v) is 8.87. The van der Waals surface area contributed by atoms with Crippen molar-refractivity contribution in [3.05, 3.63) is 29.3 Å². The summed E-state index contributed by atoms with van der Waals surface area (Å²) in [5, 5.41) is 0.853. The minimum Gasteiger partial charge on any atom is -0.369 e. The number of thiazole rings is 1. The molecule has 0 bridgehead atoms. The van der Waals surface area contributed by atoms with Crippen LogP contribution in [-0.4, -0.2) is 40.9 Å². The molecule has 1 aromatic heterocycles. The highest BCUT2D eigenvalue weighted by molar-refractivity contribution is 7.18. The number of carbonyl (C=O) groups is 2. The molecule has 3 rings (SSSR count). The Bertz CT molecular complexity index is 713. The lowest BCUT2D eigenvalue weighted by Crippen LogP contribution is -2.49. The number of fused-ring (bicyclic) bond motifs is 1. The molecule has 1 fully saturated rings. The fourth-order valence-electron chi connectivity index (χ4n) is 2.98. The number of carbonyl (C=O) groups excluding carboxylic acids is 2. The van der Waals surface area contributed by atoms with Crippen molar-refractivity contribution in [2.45, 2.75) is 32.4 Å². The molecule has 7 heteroatoms. The average Bonchev–Trinajstić information content (AvgIpc) is 2.97. The van der Waals surface area contributed by atoms with Gasteiger partial charge in [-0.2, -0.15) is 0 Å². The van der Waals surface area contributed by atoms with E-state index in [-0.39, 0.29) is 30.4 Å². The number of aromatic nitrogens is 1. The minimum absolute atomic E-state index is 0.00819. The second kappa shape index (κ2) is 7.27. The lowest BCUT2D eigenvalue weighted by Gasteiger charge is -2.36. The minimum atomic E-state index is -0.338. The fraction of sp³-hybridized carbons (Fsp3) is 0.471. The van der Waals surface area contributed by atoms with Gasteiger partial charge in [0.25, 0.3) is 0 Å². The topological polar surface area (TPSA) is 85.5 Å². The van der Waals surface area contributed by atoms with Gasteiger partial charge in [0.2, 0.25) is 11.8 Å². The van der Waals surface area contributed by atoms with Crippen LogP contribution in [0.5, 0.6) is 0 Å². The van der Waals surface area contributed by atoms with Crippen LogP contribution in [0.1, 0.15) is 24.8 Å². The molecule has 24 heavy (non-hydrogen) atoms. The first-order chi connectivity index (χ1) is 11.5. The number of likely N-dealkylation sites (tertiary alicyclic amines) is 1. The third kappa shape index (κ3) is 3.73. The maximum atomic E-state index is 12.4. The predicted octanol–water partition coefficient (Wildman–Crippen LogP) is 1.93. The molecule has 0 unspecified atom stereocenters. The molecule has 1 aliphatic rings. The van der Waals surface area contributed by atoms with Gasteiger partial charge in [-0.25, -0.2) is 4.98 Å². The summed E-state index contributed by atoms with van der Waals surface area (Å²) in [6.45, 7) is 2.68. The molecule has 1 aromatic carbocycles. The van der Waals surface area contributed by atoms with Crippen molar-refractivity contribution in [3.63, 3.8) is 0 Å². The molecule has 2 aromatic rings. The summed E-state index contributed by atoms with van der Waals surface area (Å²) >= 11 is 1.57. The number of ether oxygens (including phenoxy) is 1. The van der Waals surface area contributed by atoms with Gasteiger partial charge < -0.3 is 15.4 Å². The van der Waals surface area contributed by atoms with E-state index in [1.165, 1.54) is 0 Å². The maximum Gasteiger partial charge on any atom is 0.248 e. The summed E-state index contributed by atoms with van der Waals surface area (Å²) in [7, 11) is 0. The normalized spacial score (nSPS) is 21.1. The monoisotopic (exact) mass is 347 g/mol. The number of nitrogens with zero attached hydrogens (tertiary/aromatic N) is 2. The van der Waals surface area contributed by atoms with Gasteiger partial charge in [-0.3, -0.25) is 9.59 Å². The SMILES string of the molecule is C[C@H]1CC[C@H](C(N)=O)CN1C(=O)COCc1nc2ccccc2s1. The predicted molar refractivity (Wildman–Crippen MR) is 92.4 cm³/mol. The van der Waals surface area contributed by atoms with Gasteiger partial charge in [0, 0.05) is 12.6 Å². The lowest BCUT2D eigenvalue weighted by molar-refractivity contribution is -0.142. The highest BCUT2D eigenvalue weighted by Gasteiger charge is 2.31. The molecule has 0 saturated carbocycles. The van der Waals surface area contributed by atoms with Gasteiger partial charge in [0.15, 0.2) is 0 Å². The Hall–Kier alpha value is -1.99. The van der Waals surface area contributed by atoms with Crippen LogP contribution in [0.15, 0.2) is 24.3 Å². The van der Waals surface area contributed by atoms with Gasteiger partial charge in [-0.15, -0.1) is 11.3 Å². The van der Waals surface area contributed by atoms with Crippen LogP contribution in [0, 0.1) is 5.92 Å². The molecule has 128 valence electrons. The van der Waals surface area contributed by atoms with Crippen molar-refractivity contribution in [1.82, 2.24) is 9.88 Å². The van der Waals surface area contributed by atoms with Gasteiger partial charge in [0.1, 0.15) is 11.6 Å². The number of hydrogen-bond donors (Lipinski definition) is 1. The van der Waals surface area contributed by atoms with Crippen molar-refractivity contribution in [2.75, 3.05) is 13.2 Å². The zero-order valence-electron chi connectivity index (χ0n) is 13.6. The summed E-state index contributed by atoms with van der Waals surface area (Å²) in [4.78, 5) is 29.9. The zero-order valence-corrected chi connectivity index (χ0v) is 14.4. The number of nitrogens with two attached hydrogens (primary N) is 1. The van der Waals surface area contributed by atoms with Gasteiger partial charge in [-0.1, -0.05) is 12.1 Å². The number of hydrogen-bond acceptors (Lipinski definition) is 5. The Balaban J connectivity index is 1.53. The molecule has 6 nitrogen and oxygen atoms in total. The van der Waals surface area contributed by atoms with E-state index in [4.69, 9.17) is 10.5 Å². The summed E-state index contributed by atoms with van der Waals surface area (Å²) in [6, 6.07) is 8.00. The summed E-state index contributed by atoms with van der Waals surface area (Å²) in [5.74, 6) is -0.695. The highest BCUT2D eigenvalue weighted by Crippen LogP contribution is 2.23. The van der Waals surface area contributed by atoms with E-state index >= 15 is 0 Å². The number of para-hydroxylation sites is 1. The van der Waals surface area contributed by atoms with Crippen LogP contribution in [0.3, 0.4) is 0 Å². The van der Waals surface area contributed by atoms with Crippen LogP contribution < -0.4 is 5.73 Å². The Labute approximate surface area is 144 Å². The molecule has 2 amide bonds. The van der Waals surface area contributed by atoms with Crippen LogP contribution in [0.4, 0.5) is 0 Å².